The van der Waals surface area contributed by atoms with Crippen LogP contribution in [0.4, 0.5) is 10.6 Å². The topological polar surface area (TPSA) is 95.8 Å². The summed E-state index contributed by atoms with van der Waals surface area (Å²) in [4.78, 5) is 34.7. The summed E-state index contributed by atoms with van der Waals surface area (Å²) in [5.41, 5.74) is 2.12. The maximum atomic E-state index is 12.4. The second kappa shape index (κ2) is 12.0. The lowest BCUT2D eigenvalue weighted by Crippen LogP contribution is -2.34. The molecule has 3 heterocycles. The Balaban J connectivity index is 1.43. The zero-order valence-corrected chi connectivity index (χ0v) is 23.0. The van der Waals surface area contributed by atoms with E-state index in [1.54, 1.807) is 25.5 Å². The molecule has 9 heteroatoms. The molecule has 1 unspecified atom stereocenters. The Labute approximate surface area is 228 Å². The molecule has 0 aliphatic rings. The van der Waals surface area contributed by atoms with Crippen LogP contribution in [0.2, 0.25) is 0 Å². The van der Waals surface area contributed by atoms with Crippen LogP contribution in [0.25, 0.3) is 10.9 Å². The summed E-state index contributed by atoms with van der Waals surface area (Å²) >= 11 is 0. The van der Waals surface area contributed by atoms with E-state index >= 15 is 0 Å². The summed E-state index contributed by atoms with van der Waals surface area (Å²) in [7, 11) is 3.03. The predicted molar refractivity (Wildman–Crippen MR) is 149 cm³/mol. The zero-order valence-electron chi connectivity index (χ0n) is 23.0. The first-order valence-corrected chi connectivity index (χ1v) is 12.8. The van der Waals surface area contributed by atoms with Crippen LogP contribution in [-0.2, 0) is 20.7 Å². The van der Waals surface area contributed by atoms with Crippen LogP contribution in [0.15, 0.2) is 73.2 Å². The molecule has 39 heavy (non-hydrogen) atoms. The monoisotopic (exact) mass is 530 g/mol. The number of rotatable bonds is 9. The van der Waals surface area contributed by atoms with Gasteiger partial charge in [0.25, 0.3) is 0 Å². The lowest BCUT2D eigenvalue weighted by atomic mass is 10.1. The fourth-order valence-electron chi connectivity index (χ4n) is 4.19. The predicted octanol–water partition coefficient (Wildman–Crippen LogP) is 5.58. The third-order valence-electron chi connectivity index (χ3n) is 6.11. The van der Waals surface area contributed by atoms with Gasteiger partial charge in [-0.2, -0.15) is 0 Å². The summed E-state index contributed by atoms with van der Waals surface area (Å²) < 4.78 is 18.5. The molecule has 0 saturated heterocycles. The minimum Gasteiger partial charge on any atom is -0.493 e. The van der Waals surface area contributed by atoms with Gasteiger partial charge in [0, 0.05) is 48.7 Å². The number of pyridine rings is 2. The summed E-state index contributed by atoms with van der Waals surface area (Å²) in [6.07, 6.45) is 5.75. The van der Waals surface area contributed by atoms with Gasteiger partial charge in [0.05, 0.1) is 26.2 Å². The number of esters is 1. The van der Waals surface area contributed by atoms with Crippen molar-refractivity contribution in [2.24, 2.45) is 0 Å². The molecule has 0 N–H and O–H groups in total. The van der Waals surface area contributed by atoms with Gasteiger partial charge in [-0.05, 0) is 68.8 Å². The van der Waals surface area contributed by atoms with Crippen molar-refractivity contribution >= 4 is 28.8 Å². The van der Waals surface area contributed by atoms with Crippen LogP contribution < -0.4 is 9.64 Å². The van der Waals surface area contributed by atoms with Gasteiger partial charge in [-0.15, -0.1) is 0 Å². The van der Waals surface area contributed by atoms with Gasteiger partial charge >= 0.3 is 12.1 Å². The number of hydrogen-bond donors (Lipinski definition) is 0. The molecular formula is C30H34N4O5. The summed E-state index contributed by atoms with van der Waals surface area (Å²) in [5.74, 6) is 0.952. The number of fused-ring (bicyclic) bond motifs is 1. The van der Waals surface area contributed by atoms with E-state index in [0.717, 1.165) is 27.9 Å². The maximum Gasteiger partial charge on any atom is 0.415 e. The smallest absolute Gasteiger partial charge is 0.415 e. The molecule has 4 rings (SSSR count). The van der Waals surface area contributed by atoms with E-state index in [1.165, 1.54) is 12.0 Å². The quantitative estimate of drug-likeness (QED) is 0.261. The highest BCUT2D eigenvalue weighted by Gasteiger charge is 2.22. The minimum absolute atomic E-state index is 0.194. The Hall–Kier alpha value is -4.40. The number of carbonyl (C=O) groups excluding carboxylic acids is 2. The molecule has 0 radical (unpaired) electrons. The summed E-state index contributed by atoms with van der Waals surface area (Å²) in [6, 6.07) is 17.0. The van der Waals surface area contributed by atoms with Crippen molar-refractivity contribution in [2.75, 3.05) is 25.7 Å². The van der Waals surface area contributed by atoms with Crippen molar-refractivity contribution in [1.29, 1.82) is 0 Å². The van der Waals surface area contributed by atoms with Crippen molar-refractivity contribution in [2.45, 2.75) is 45.3 Å². The minimum atomic E-state index is -0.583. The lowest BCUT2D eigenvalue weighted by Gasteiger charge is -2.24. The number of hydrogen-bond acceptors (Lipinski definition) is 7. The van der Waals surface area contributed by atoms with Gasteiger partial charge in [0.1, 0.15) is 17.2 Å². The van der Waals surface area contributed by atoms with Gasteiger partial charge in [-0.3, -0.25) is 14.7 Å². The Morgan fingerprint density at radius 2 is 1.90 bits per heavy atom. The first kappa shape index (κ1) is 27.6. The lowest BCUT2D eigenvalue weighted by molar-refractivity contribution is -0.141. The Kier molecular flexibility index (Phi) is 8.49. The van der Waals surface area contributed by atoms with Crippen molar-refractivity contribution in [3.05, 3.63) is 84.4 Å². The Bertz CT molecular complexity index is 1430. The molecule has 1 amide bonds. The number of anilines is 1. The van der Waals surface area contributed by atoms with E-state index in [0.29, 0.717) is 18.8 Å². The molecule has 0 spiro atoms. The SMILES string of the molecule is COC(=O)CC(c1cccnc1)n1ccc2cc(OCCc3cccc(N(C)C(=O)OC(C)(C)C)n3)ccc21. The van der Waals surface area contributed by atoms with E-state index in [9.17, 15) is 9.59 Å². The Morgan fingerprint density at radius 3 is 2.62 bits per heavy atom. The van der Waals surface area contributed by atoms with E-state index in [2.05, 4.69) is 14.5 Å². The average Bonchev–Trinajstić information content (AvgIpc) is 3.34. The van der Waals surface area contributed by atoms with E-state index in [4.69, 9.17) is 14.2 Å². The van der Waals surface area contributed by atoms with Crippen LogP contribution in [0.1, 0.15) is 44.5 Å². The van der Waals surface area contributed by atoms with Gasteiger partial charge in [0.2, 0.25) is 0 Å². The number of nitrogens with zero attached hydrogens (tertiary/aromatic N) is 4. The largest absolute Gasteiger partial charge is 0.493 e. The molecule has 204 valence electrons. The second-order valence-electron chi connectivity index (χ2n) is 10.2. The van der Waals surface area contributed by atoms with Gasteiger partial charge < -0.3 is 18.8 Å². The van der Waals surface area contributed by atoms with Crippen LogP contribution in [0.3, 0.4) is 0 Å². The molecule has 3 aromatic heterocycles. The molecule has 4 aromatic rings. The molecule has 1 atom stereocenters. The van der Waals surface area contributed by atoms with Gasteiger partial charge in [0.15, 0.2) is 0 Å². The van der Waals surface area contributed by atoms with E-state index in [-0.39, 0.29) is 18.4 Å². The van der Waals surface area contributed by atoms with Crippen LogP contribution in [0.5, 0.6) is 5.75 Å². The summed E-state index contributed by atoms with van der Waals surface area (Å²) in [6.45, 7) is 5.90. The molecule has 9 nitrogen and oxygen atoms in total. The first-order chi connectivity index (χ1) is 18.6. The molecule has 0 saturated carbocycles. The second-order valence-corrected chi connectivity index (χ2v) is 10.2. The molecule has 0 aliphatic heterocycles. The highest BCUT2D eigenvalue weighted by molar-refractivity contribution is 5.86. The van der Waals surface area contributed by atoms with E-state index < -0.39 is 11.7 Å². The first-order valence-electron chi connectivity index (χ1n) is 12.8. The number of carbonyl (C=O) groups is 2. The number of benzene rings is 1. The normalized spacial score (nSPS) is 12.1. The molecule has 1 aromatic carbocycles. The van der Waals surface area contributed by atoms with Crippen molar-refractivity contribution in [3.8, 4) is 5.75 Å². The molecule has 0 fully saturated rings. The third-order valence-corrected chi connectivity index (χ3v) is 6.11. The van der Waals surface area contributed by atoms with Gasteiger partial charge in [-0.25, -0.2) is 9.78 Å². The molecule has 0 bridgehead atoms. The molecule has 0 aliphatic carbocycles. The summed E-state index contributed by atoms with van der Waals surface area (Å²) in [5, 5.41) is 0.991. The average molecular weight is 531 g/mol. The fourth-order valence-corrected chi connectivity index (χ4v) is 4.19. The molecular weight excluding hydrogens is 496 g/mol. The van der Waals surface area contributed by atoms with Crippen LogP contribution >= 0.6 is 0 Å². The standard InChI is InChI=1S/C30H34N4O5/c1-30(2,3)39-29(36)33(4)27-10-6-9-23(32-27)14-17-38-24-11-12-25-21(18-24)13-16-34(25)26(19-28(35)37-5)22-8-7-15-31-20-22/h6-13,15-16,18,20,26H,14,17,19H2,1-5H3. The number of amides is 1. The van der Waals surface area contributed by atoms with Crippen molar-refractivity contribution in [3.63, 3.8) is 0 Å². The highest BCUT2D eigenvalue weighted by atomic mass is 16.6. The number of methoxy groups -OCH3 is 1. The van der Waals surface area contributed by atoms with Crippen molar-refractivity contribution < 1.29 is 23.8 Å². The van der Waals surface area contributed by atoms with Crippen LogP contribution in [0, 0.1) is 0 Å². The zero-order chi connectivity index (χ0) is 28.0. The van der Waals surface area contributed by atoms with E-state index in [1.807, 2.05) is 75.5 Å². The van der Waals surface area contributed by atoms with Crippen LogP contribution in [-0.4, -0.2) is 53.0 Å². The highest BCUT2D eigenvalue weighted by Crippen LogP contribution is 2.30. The Morgan fingerprint density at radius 1 is 1.08 bits per heavy atom. The van der Waals surface area contributed by atoms with Crippen molar-refractivity contribution in [1.82, 2.24) is 14.5 Å². The number of ether oxygens (including phenoxy) is 3. The van der Waals surface area contributed by atoms with Gasteiger partial charge in [-0.1, -0.05) is 12.1 Å². The maximum absolute atomic E-state index is 12.4. The fraction of sp³-hybridized carbons (Fsp3) is 0.333. The third kappa shape index (κ3) is 7.13. The number of aromatic nitrogens is 3.